The number of allylic oxidation sites excluding steroid dienone is 4. The van der Waals surface area contributed by atoms with Gasteiger partial charge in [0.15, 0.2) is 6.10 Å². The average molecular weight is 293 g/mol. The molecule has 1 amide bonds. The normalized spacial score (nSPS) is 18.9. The Morgan fingerprint density at radius 3 is 3.05 bits per heavy atom. The molecule has 3 rings (SSSR count). The van der Waals surface area contributed by atoms with Crippen molar-refractivity contribution in [3.05, 3.63) is 66.3 Å². The Kier molecular flexibility index (Phi) is 4.24. The predicted octanol–water partition coefficient (Wildman–Crippen LogP) is 3.50. The number of amides is 1. The monoisotopic (exact) mass is 293 g/mol. The van der Waals surface area contributed by atoms with Crippen LogP contribution in [0.1, 0.15) is 24.0 Å². The van der Waals surface area contributed by atoms with E-state index in [-0.39, 0.29) is 5.91 Å². The Morgan fingerprint density at radius 2 is 2.27 bits per heavy atom. The largest absolute Gasteiger partial charge is 0.476 e. The van der Waals surface area contributed by atoms with Crippen LogP contribution in [0.15, 0.2) is 55.2 Å². The summed E-state index contributed by atoms with van der Waals surface area (Å²) in [6.45, 7) is 4.03. The zero-order valence-corrected chi connectivity index (χ0v) is 12.4. The third-order valence-corrected chi connectivity index (χ3v) is 3.72. The fourth-order valence-corrected chi connectivity index (χ4v) is 2.57. The Bertz CT molecular complexity index is 683. The Morgan fingerprint density at radius 1 is 1.36 bits per heavy atom. The molecule has 1 heterocycles. The molecular weight excluding hydrogens is 274 g/mol. The van der Waals surface area contributed by atoms with Crippen molar-refractivity contribution in [1.82, 2.24) is 5.32 Å². The predicted molar refractivity (Wildman–Crippen MR) is 89.4 cm³/mol. The number of benzene rings is 1. The molecule has 1 aliphatic heterocycles. The fraction of sp³-hybridized carbons (Fsp3) is 0.211. The first-order valence-corrected chi connectivity index (χ1v) is 7.52. The fourth-order valence-electron chi connectivity index (χ4n) is 2.57. The van der Waals surface area contributed by atoms with E-state index in [0.29, 0.717) is 6.54 Å². The van der Waals surface area contributed by atoms with Gasteiger partial charge in [0.1, 0.15) is 5.75 Å². The molecule has 0 aromatic heterocycles. The van der Waals surface area contributed by atoms with Crippen molar-refractivity contribution in [2.24, 2.45) is 0 Å². The number of hydrogen-bond donors (Lipinski definition) is 1. The van der Waals surface area contributed by atoms with Crippen LogP contribution in [0.4, 0.5) is 0 Å². The van der Waals surface area contributed by atoms with Crippen LogP contribution in [-0.2, 0) is 4.79 Å². The third kappa shape index (κ3) is 3.03. The van der Waals surface area contributed by atoms with Gasteiger partial charge in [-0.25, -0.2) is 0 Å². The van der Waals surface area contributed by atoms with Crippen molar-refractivity contribution in [1.29, 1.82) is 0 Å². The highest BCUT2D eigenvalue weighted by atomic mass is 16.5. The molecule has 3 heteroatoms. The van der Waals surface area contributed by atoms with Gasteiger partial charge in [0.05, 0.1) is 0 Å². The van der Waals surface area contributed by atoms with Crippen molar-refractivity contribution < 1.29 is 9.53 Å². The Balaban J connectivity index is 1.77. The van der Waals surface area contributed by atoms with Gasteiger partial charge in [0, 0.05) is 12.1 Å². The maximum atomic E-state index is 11.9. The quantitative estimate of drug-likeness (QED) is 0.863. The Hall–Kier alpha value is -2.55. The molecule has 1 aromatic rings. The van der Waals surface area contributed by atoms with E-state index in [1.54, 1.807) is 12.2 Å². The lowest BCUT2D eigenvalue weighted by Crippen LogP contribution is -2.38. The van der Waals surface area contributed by atoms with E-state index < -0.39 is 6.10 Å². The van der Waals surface area contributed by atoms with Gasteiger partial charge < -0.3 is 10.1 Å². The molecule has 2 aliphatic rings. The van der Waals surface area contributed by atoms with Crippen molar-refractivity contribution >= 4 is 17.6 Å². The van der Waals surface area contributed by atoms with Crippen LogP contribution in [0, 0.1) is 0 Å². The number of nitrogens with one attached hydrogen (secondary N) is 1. The van der Waals surface area contributed by atoms with Crippen LogP contribution >= 0.6 is 0 Å². The first kappa shape index (κ1) is 14.4. The topological polar surface area (TPSA) is 38.3 Å². The average Bonchev–Trinajstić information content (AvgIpc) is 2.59. The molecular formula is C19H19NO2. The summed E-state index contributed by atoms with van der Waals surface area (Å²) in [6.07, 6.45) is 13.6. The molecule has 1 aromatic carbocycles. The van der Waals surface area contributed by atoms with Crippen LogP contribution < -0.4 is 10.1 Å². The zero-order valence-electron chi connectivity index (χ0n) is 12.4. The van der Waals surface area contributed by atoms with Gasteiger partial charge in [-0.1, -0.05) is 36.4 Å². The van der Waals surface area contributed by atoms with E-state index in [4.69, 9.17) is 4.74 Å². The summed E-state index contributed by atoms with van der Waals surface area (Å²) in [4.78, 5) is 11.9. The molecule has 3 nitrogen and oxygen atoms in total. The molecule has 0 fully saturated rings. The number of hydrogen-bond acceptors (Lipinski definition) is 2. The van der Waals surface area contributed by atoms with Crippen LogP contribution in [0.5, 0.6) is 5.75 Å². The molecule has 1 aliphatic carbocycles. The molecule has 1 atom stereocenters. The van der Waals surface area contributed by atoms with Crippen molar-refractivity contribution in [2.75, 3.05) is 6.54 Å². The van der Waals surface area contributed by atoms with Gasteiger partial charge in [0.2, 0.25) is 0 Å². The summed E-state index contributed by atoms with van der Waals surface area (Å²) >= 11 is 0. The summed E-state index contributed by atoms with van der Waals surface area (Å²) in [7, 11) is 0. The second-order valence-corrected chi connectivity index (χ2v) is 5.32. The number of fused-ring (bicyclic) bond motifs is 1. The molecule has 1 unspecified atom stereocenters. The maximum absolute atomic E-state index is 11.9. The lowest BCUT2D eigenvalue weighted by Gasteiger charge is -2.21. The summed E-state index contributed by atoms with van der Waals surface area (Å²) in [5.74, 6) is 0.592. The first-order valence-electron chi connectivity index (χ1n) is 7.52. The van der Waals surface area contributed by atoms with E-state index in [9.17, 15) is 4.79 Å². The summed E-state index contributed by atoms with van der Waals surface area (Å²) in [5, 5.41) is 2.74. The minimum Gasteiger partial charge on any atom is -0.476 e. The highest BCUT2D eigenvalue weighted by Crippen LogP contribution is 2.30. The van der Waals surface area contributed by atoms with Crippen molar-refractivity contribution in [3.63, 3.8) is 0 Å². The summed E-state index contributed by atoms with van der Waals surface area (Å²) in [5.41, 5.74) is 3.43. The van der Waals surface area contributed by atoms with Gasteiger partial charge in [0.25, 0.3) is 5.91 Å². The molecule has 112 valence electrons. The molecule has 0 saturated heterocycles. The maximum Gasteiger partial charge on any atom is 0.265 e. The van der Waals surface area contributed by atoms with Gasteiger partial charge in [-0.15, -0.1) is 6.58 Å². The number of ether oxygens (including phenoxy) is 1. The van der Waals surface area contributed by atoms with Crippen LogP contribution in [0.3, 0.4) is 0 Å². The van der Waals surface area contributed by atoms with E-state index in [0.717, 1.165) is 24.2 Å². The lowest BCUT2D eigenvalue weighted by molar-refractivity contribution is -0.125. The highest BCUT2D eigenvalue weighted by molar-refractivity contribution is 5.86. The standard InChI is InChI=1S/C19H19NO2/c1-2-12-20-19(21)18-11-9-16-13-15(8-10-17(16)22-18)14-6-4-3-5-7-14/h2,4,6-11,13,18H,1,3,5,12H2,(H,20,21). The first-order chi connectivity index (χ1) is 10.8. The molecule has 0 bridgehead atoms. The minimum atomic E-state index is -0.577. The van der Waals surface area contributed by atoms with Gasteiger partial charge in [-0.3, -0.25) is 4.79 Å². The second kappa shape index (κ2) is 6.48. The highest BCUT2D eigenvalue weighted by Gasteiger charge is 2.21. The van der Waals surface area contributed by atoms with E-state index in [1.807, 2.05) is 18.2 Å². The van der Waals surface area contributed by atoms with Gasteiger partial charge in [-0.05, 0) is 42.2 Å². The van der Waals surface area contributed by atoms with E-state index in [2.05, 4.69) is 36.2 Å². The molecule has 22 heavy (non-hydrogen) atoms. The lowest BCUT2D eigenvalue weighted by atomic mass is 9.97. The summed E-state index contributed by atoms with van der Waals surface area (Å²) < 4.78 is 5.76. The second-order valence-electron chi connectivity index (χ2n) is 5.32. The Labute approximate surface area is 130 Å². The van der Waals surface area contributed by atoms with E-state index in [1.165, 1.54) is 11.1 Å². The van der Waals surface area contributed by atoms with Crippen LogP contribution in [-0.4, -0.2) is 18.6 Å². The molecule has 1 N–H and O–H groups in total. The SMILES string of the molecule is C=CCNC(=O)C1C=Cc2cc(C3=CCCC=C3)ccc2O1. The van der Waals surface area contributed by atoms with Crippen molar-refractivity contribution in [3.8, 4) is 5.75 Å². The molecule has 0 spiro atoms. The van der Waals surface area contributed by atoms with Gasteiger partial charge in [-0.2, -0.15) is 0 Å². The number of carbonyl (C=O) groups excluding carboxylic acids is 1. The zero-order chi connectivity index (χ0) is 15.4. The summed E-state index contributed by atoms with van der Waals surface area (Å²) in [6, 6.07) is 6.08. The number of carbonyl (C=O) groups is 1. The van der Waals surface area contributed by atoms with Crippen LogP contribution in [0.25, 0.3) is 11.6 Å². The molecule has 0 saturated carbocycles. The molecule has 0 radical (unpaired) electrons. The third-order valence-electron chi connectivity index (χ3n) is 3.72. The van der Waals surface area contributed by atoms with E-state index >= 15 is 0 Å². The minimum absolute atomic E-state index is 0.149. The van der Waals surface area contributed by atoms with Crippen molar-refractivity contribution in [2.45, 2.75) is 18.9 Å². The number of rotatable bonds is 4. The van der Waals surface area contributed by atoms with Crippen LogP contribution in [0.2, 0.25) is 0 Å². The smallest absolute Gasteiger partial charge is 0.265 e. The van der Waals surface area contributed by atoms with Gasteiger partial charge >= 0.3 is 0 Å².